The number of carbonyl (C=O) groups excluding carboxylic acids is 2. The fraction of sp³-hybridized carbons (Fsp3) is 0.375. The maximum absolute atomic E-state index is 14.5. The average molecular weight is 322 g/mol. The number of carbonyl (C=O) groups is 2. The molecule has 0 N–H and O–H groups in total. The third kappa shape index (κ3) is 2.27. The molecule has 0 spiro atoms. The molecule has 1 aromatic carbocycles. The summed E-state index contributed by atoms with van der Waals surface area (Å²) in [6.07, 6.45) is 0.595. The summed E-state index contributed by atoms with van der Waals surface area (Å²) in [4.78, 5) is 24.2. The molecule has 1 aliphatic carbocycles. The third-order valence-corrected chi connectivity index (χ3v) is 5.10. The van der Waals surface area contributed by atoms with Crippen LogP contribution in [0.3, 0.4) is 0 Å². The molecule has 0 aliphatic heterocycles. The summed E-state index contributed by atoms with van der Waals surface area (Å²) in [5.41, 5.74) is 0. The lowest BCUT2D eigenvalue weighted by molar-refractivity contribution is -0.118. The maximum atomic E-state index is 14.5. The second kappa shape index (κ2) is 5.35. The van der Waals surface area contributed by atoms with Gasteiger partial charge in [0.1, 0.15) is 5.78 Å². The zero-order valence-electron chi connectivity index (χ0n) is 12.4. The van der Waals surface area contributed by atoms with Crippen LogP contribution < -0.4 is 9.47 Å². The van der Waals surface area contributed by atoms with Crippen LogP contribution >= 0.6 is 11.3 Å². The van der Waals surface area contributed by atoms with Crippen LogP contribution in [0, 0.1) is 17.7 Å². The summed E-state index contributed by atoms with van der Waals surface area (Å²) in [6.45, 7) is 1.50. The van der Waals surface area contributed by atoms with Crippen molar-refractivity contribution in [1.29, 1.82) is 0 Å². The molecule has 3 rings (SSSR count). The second-order valence-electron chi connectivity index (χ2n) is 5.37. The highest BCUT2D eigenvalue weighted by Gasteiger charge is 2.46. The van der Waals surface area contributed by atoms with Crippen molar-refractivity contribution in [2.24, 2.45) is 11.8 Å². The zero-order chi connectivity index (χ0) is 16.0. The largest absolute Gasteiger partial charge is 0.493 e. The monoisotopic (exact) mass is 322 g/mol. The van der Waals surface area contributed by atoms with Gasteiger partial charge in [-0.3, -0.25) is 9.59 Å². The third-order valence-electron chi connectivity index (χ3n) is 4.00. The Kier molecular flexibility index (Phi) is 3.64. The smallest absolute Gasteiger partial charge is 0.197 e. The molecule has 1 aromatic heterocycles. The summed E-state index contributed by atoms with van der Waals surface area (Å²) in [7, 11) is 2.80. The normalized spacial score (nSPS) is 20.0. The van der Waals surface area contributed by atoms with E-state index in [1.807, 2.05) is 0 Å². The highest BCUT2D eigenvalue weighted by molar-refractivity contribution is 7.20. The molecule has 1 saturated carbocycles. The van der Waals surface area contributed by atoms with Crippen LogP contribution in [0.15, 0.2) is 12.1 Å². The van der Waals surface area contributed by atoms with E-state index in [2.05, 4.69) is 0 Å². The van der Waals surface area contributed by atoms with Crippen LogP contribution in [0.4, 0.5) is 4.39 Å². The minimum atomic E-state index is -0.536. The van der Waals surface area contributed by atoms with Gasteiger partial charge in [0, 0.05) is 28.0 Å². The first kappa shape index (κ1) is 15.0. The molecule has 116 valence electrons. The van der Waals surface area contributed by atoms with Crippen molar-refractivity contribution in [3.8, 4) is 11.5 Å². The van der Waals surface area contributed by atoms with E-state index < -0.39 is 5.82 Å². The molecule has 0 radical (unpaired) electrons. The minimum absolute atomic E-state index is 0.0276. The van der Waals surface area contributed by atoms with Gasteiger partial charge in [0.25, 0.3) is 0 Å². The number of benzene rings is 1. The highest BCUT2D eigenvalue weighted by atomic mass is 32.1. The molecule has 0 saturated heterocycles. The van der Waals surface area contributed by atoms with Crippen molar-refractivity contribution < 1.29 is 23.5 Å². The van der Waals surface area contributed by atoms with Gasteiger partial charge in [0.15, 0.2) is 23.1 Å². The van der Waals surface area contributed by atoms with E-state index in [-0.39, 0.29) is 29.2 Å². The Morgan fingerprint density at radius 3 is 2.50 bits per heavy atom. The number of methoxy groups -OCH3 is 2. The summed E-state index contributed by atoms with van der Waals surface area (Å²) >= 11 is 1.21. The van der Waals surface area contributed by atoms with E-state index >= 15 is 0 Å². The molecule has 1 fully saturated rings. The van der Waals surface area contributed by atoms with Crippen LogP contribution in [0.1, 0.15) is 23.0 Å². The van der Waals surface area contributed by atoms with Crippen LogP contribution in [0.2, 0.25) is 0 Å². The number of ether oxygens (including phenoxy) is 2. The molecule has 0 unspecified atom stereocenters. The van der Waals surface area contributed by atoms with Gasteiger partial charge < -0.3 is 9.47 Å². The molecule has 2 aromatic rings. The lowest BCUT2D eigenvalue weighted by Crippen LogP contribution is -2.04. The van der Waals surface area contributed by atoms with Gasteiger partial charge in [-0.05, 0) is 19.4 Å². The maximum Gasteiger partial charge on any atom is 0.197 e. The lowest BCUT2D eigenvalue weighted by Gasteiger charge is -2.08. The van der Waals surface area contributed by atoms with E-state index in [1.54, 1.807) is 6.07 Å². The SMILES string of the molecule is COc1cc2sc(C(=O)[C@H]3C[C@H]3C(C)=O)cc2c(F)c1OC. The van der Waals surface area contributed by atoms with Crippen LogP contribution in [0.25, 0.3) is 10.1 Å². The molecule has 1 aliphatic rings. The Labute approximate surface area is 130 Å². The van der Waals surface area contributed by atoms with Gasteiger partial charge in [0.2, 0.25) is 0 Å². The Balaban J connectivity index is 2.02. The summed E-state index contributed by atoms with van der Waals surface area (Å²) < 4.78 is 25.2. The number of thiophene rings is 1. The molecular formula is C16H15FO4S. The first-order chi connectivity index (χ1) is 10.5. The van der Waals surface area contributed by atoms with Crippen molar-refractivity contribution >= 4 is 33.0 Å². The molecular weight excluding hydrogens is 307 g/mol. The van der Waals surface area contributed by atoms with Crippen molar-refractivity contribution in [3.05, 3.63) is 22.8 Å². The van der Waals surface area contributed by atoms with Gasteiger partial charge in [-0.25, -0.2) is 4.39 Å². The molecule has 0 amide bonds. The molecule has 6 heteroatoms. The average Bonchev–Trinajstić information content (AvgIpc) is 3.19. The lowest BCUT2D eigenvalue weighted by atomic mass is 10.1. The van der Waals surface area contributed by atoms with Gasteiger partial charge in [-0.1, -0.05) is 0 Å². The van der Waals surface area contributed by atoms with Crippen molar-refractivity contribution in [3.63, 3.8) is 0 Å². The molecule has 0 bridgehead atoms. The number of halogens is 1. The topological polar surface area (TPSA) is 52.6 Å². The van der Waals surface area contributed by atoms with E-state index in [0.717, 1.165) is 0 Å². The molecule has 2 atom stereocenters. The van der Waals surface area contributed by atoms with Gasteiger partial charge in [-0.15, -0.1) is 11.3 Å². The number of hydrogen-bond donors (Lipinski definition) is 0. The van der Waals surface area contributed by atoms with Crippen molar-refractivity contribution in [2.75, 3.05) is 14.2 Å². The fourth-order valence-electron chi connectivity index (χ4n) is 2.68. The van der Waals surface area contributed by atoms with E-state index in [4.69, 9.17) is 9.47 Å². The van der Waals surface area contributed by atoms with Crippen LogP contribution in [-0.4, -0.2) is 25.8 Å². The summed E-state index contributed by atoms with van der Waals surface area (Å²) in [5.74, 6) is -0.691. The Bertz CT molecular complexity index is 780. The van der Waals surface area contributed by atoms with Crippen molar-refractivity contribution in [2.45, 2.75) is 13.3 Å². The van der Waals surface area contributed by atoms with Crippen LogP contribution in [0.5, 0.6) is 11.5 Å². The standard InChI is InChI=1S/C16H15FO4S/c1-7(18)8-4-9(8)15(19)13-5-10-12(22-13)6-11(20-2)16(21-3)14(10)17/h5-6,8-9H,4H2,1-3H3/t8-,9-/m0/s1. The van der Waals surface area contributed by atoms with Crippen molar-refractivity contribution in [1.82, 2.24) is 0 Å². The predicted molar refractivity (Wildman–Crippen MR) is 81.5 cm³/mol. The summed E-state index contributed by atoms with van der Waals surface area (Å²) in [5, 5.41) is 0.339. The Morgan fingerprint density at radius 2 is 1.95 bits per heavy atom. The first-order valence-electron chi connectivity index (χ1n) is 6.86. The zero-order valence-corrected chi connectivity index (χ0v) is 13.3. The van der Waals surface area contributed by atoms with E-state index in [1.165, 1.54) is 38.5 Å². The number of fused-ring (bicyclic) bond motifs is 1. The second-order valence-corrected chi connectivity index (χ2v) is 6.46. The Morgan fingerprint density at radius 1 is 1.23 bits per heavy atom. The fourth-order valence-corrected chi connectivity index (χ4v) is 3.77. The first-order valence-corrected chi connectivity index (χ1v) is 7.68. The quantitative estimate of drug-likeness (QED) is 0.791. The highest BCUT2D eigenvalue weighted by Crippen LogP contribution is 2.45. The molecule has 22 heavy (non-hydrogen) atoms. The van der Waals surface area contributed by atoms with Crippen LogP contribution in [-0.2, 0) is 4.79 Å². The predicted octanol–water partition coefficient (Wildman–Crippen LogP) is 3.47. The summed E-state index contributed by atoms with van der Waals surface area (Å²) in [6, 6.07) is 3.20. The number of rotatable bonds is 5. The number of ketones is 2. The van der Waals surface area contributed by atoms with Gasteiger partial charge in [0.05, 0.1) is 19.1 Å². The van der Waals surface area contributed by atoms with Gasteiger partial charge >= 0.3 is 0 Å². The van der Waals surface area contributed by atoms with E-state index in [0.29, 0.717) is 27.1 Å². The molecule has 4 nitrogen and oxygen atoms in total. The van der Waals surface area contributed by atoms with Gasteiger partial charge in [-0.2, -0.15) is 0 Å². The minimum Gasteiger partial charge on any atom is -0.493 e. The number of hydrogen-bond acceptors (Lipinski definition) is 5. The Hall–Kier alpha value is -1.95. The molecule has 1 heterocycles. The number of Topliss-reactive ketones (excluding diaryl/α,β-unsaturated/α-hetero) is 2. The van der Waals surface area contributed by atoms with E-state index in [9.17, 15) is 14.0 Å².